The van der Waals surface area contributed by atoms with Crippen LogP contribution in [0.4, 0.5) is 11.5 Å². The SMILES string of the molecule is COc1ccc(CCN(C(=O)C2CCCC2)c2c(N)n(Cc3ccccc3)c(=O)[nH]c2=O)cc1OC. The van der Waals surface area contributed by atoms with Gasteiger partial charge in [0.05, 0.1) is 20.8 Å². The molecule has 0 radical (unpaired) electrons. The number of amides is 1. The molecule has 0 unspecified atom stereocenters. The van der Waals surface area contributed by atoms with Gasteiger partial charge in [-0.15, -0.1) is 0 Å². The van der Waals surface area contributed by atoms with Crippen LogP contribution in [0.25, 0.3) is 0 Å². The fourth-order valence-electron chi connectivity index (χ4n) is 4.76. The zero-order chi connectivity index (χ0) is 25.7. The second kappa shape index (κ2) is 11.2. The van der Waals surface area contributed by atoms with E-state index in [9.17, 15) is 14.4 Å². The molecule has 0 aliphatic heterocycles. The second-order valence-electron chi connectivity index (χ2n) is 8.98. The summed E-state index contributed by atoms with van der Waals surface area (Å²) in [6.45, 7) is 0.401. The molecule has 3 N–H and O–H groups in total. The second-order valence-corrected chi connectivity index (χ2v) is 8.98. The van der Waals surface area contributed by atoms with E-state index in [0.717, 1.165) is 36.8 Å². The summed E-state index contributed by atoms with van der Waals surface area (Å²) >= 11 is 0. The minimum Gasteiger partial charge on any atom is -0.493 e. The van der Waals surface area contributed by atoms with Gasteiger partial charge in [-0.2, -0.15) is 0 Å². The predicted octanol–water partition coefficient (Wildman–Crippen LogP) is 2.95. The van der Waals surface area contributed by atoms with E-state index in [-0.39, 0.29) is 36.4 Å². The van der Waals surface area contributed by atoms with E-state index in [1.165, 1.54) is 9.47 Å². The van der Waals surface area contributed by atoms with Crippen molar-refractivity contribution in [1.29, 1.82) is 0 Å². The van der Waals surface area contributed by atoms with Gasteiger partial charge in [0.2, 0.25) is 5.91 Å². The molecule has 0 spiro atoms. The van der Waals surface area contributed by atoms with Crippen LogP contribution in [0.2, 0.25) is 0 Å². The van der Waals surface area contributed by atoms with Gasteiger partial charge < -0.3 is 20.1 Å². The molecule has 1 aliphatic carbocycles. The van der Waals surface area contributed by atoms with E-state index in [0.29, 0.717) is 17.9 Å². The third-order valence-electron chi connectivity index (χ3n) is 6.71. The van der Waals surface area contributed by atoms with Gasteiger partial charge in [-0.3, -0.25) is 19.1 Å². The molecule has 9 nitrogen and oxygen atoms in total. The predicted molar refractivity (Wildman–Crippen MR) is 139 cm³/mol. The van der Waals surface area contributed by atoms with E-state index in [4.69, 9.17) is 15.2 Å². The Hall–Kier alpha value is -4.01. The first-order valence-electron chi connectivity index (χ1n) is 12.1. The van der Waals surface area contributed by atoms with Gasteiger partial charge in [0.15, 0.2) is 17.2 Å². The monoisotopic (exact) mass is 492 g/mol. The lowest BCUT2D eigenvalue weighted by Crippen LogP contribution is -2.44. The molecule has 0 saturated heterocycles. The zero-order valence-corrected chi connectivity index (χ0v) is 20.7. The van der Waals surface area contributed by atoms with Gasteiger partial charge in [0, 0.05) is 12.5 Å². The number of benzene rings is 2. The fraction of sp³-hybridized carbons (Fsp3) is 0.370. The summed E-state index contributed by atoms with van der Waals surface area (Å²) in [5.74, 6) is 0.844. The lowest BCUT2D eigenvalue weighted by atomic mass is 10.0. The van der Waals surface area contributed by atoms with Crippen LogP contribution >= 0.6 is 0 Å². The fourth-order valence-corrected chi connectivity index (χ4v) is 4.76. The number of carbonyl (C=O) groups is 1. The van der Waals surface area contributed by atoms with Crippen LogP contribution in [-0.2, 0) is 17.8 Å². The van der Waals surface area contributed by atoms with Crippen LogP contribution < -0.4 is 31.4 Å². The Morgan fingerprint density at radius 3 is 2.39 bits per heavy atom. The Morgan fingerprint density at radius 2 is 1.72 bits per heavy atom. The smallest absolute Gasteiger partial charge is 0.330 e. The number of hydrogen-bond acceptors (Lipinski definition) is 6. The quantitative estimate of drug-likeness (QED) is 0.474. The van der Waals surface area contributed by atoms with E-state index >= 15 is 0 Å². The van der Waals surface area contributed by atoms with E-state index < -0.39 is 11.2 Å². The van der Waals surface area contributed by atoms with Crippen molar-refractivity contribution in [3.05, 3.63) is 80.5 Å². The molecule has 9 heteroatoms. The normalized spacial score (nSPS) is 13.5. The minimum atomic E-state index is -0.666. The highest BCUT2D eigenvalue weighted by atomic mass is 16.5. The van der Waals surface area contributed by atoms with E-state index in [1.54, 1.807) is 20.3 Å². The molecule has 1 amide bonds. The molecular weight excluding hydrogens is 460 g/mol. The van der Waals surface area contributed by atoms with Crippen LogP contribution in [0.1, 0.15) is 36.8 Å². The number of rotatable bonds is 9. The van der Waals surface area contributed by atoms with Crippen LogP contribution in [0, 0.1) is 5.92 Å². The Kier molecular flexibility index (Phi) is 7.77. The molecule has 1 saturated carbocycles. The van der Waals surface area contributed by atoms with Gasteiger partial charge in [-0.1, -0.05) is 49.2 Å². The summed E-state index contributed by atoms with van der Waals surface area (Å²) in [6.07, 6.45) is 3.94. The van der Waals surface area contributed by atoms with E-state index in [2.05, 4.69) is 4.98 Å². The van der Waals surface area contributed by atoms with Gasteiger partial charge in [0.1, 0.15) is 5.82 Å². The number of aromatic amines is 1. The first-order valence-corrected chi connectivity index (χ1v) is 12.1. The Labute approximate surface area is 209 Å². The first kappa shape index (κ1) is 25.1. The molecule has 4 rings (SSSR count). The number of H-pyrrole nitrogens is 1. The molecule has 2 aromatic carbocycles. The number of nitrogen functional groups attached to an aromatic ring is 1. The van der Waals surface area contributed by atoms with Gasteiger partial charge in [-0.05, 0) is 42.5 Å². The van der Waals surface area contributed by atoms with Gasteiger partial charge >= 0.3 is 5.69 Å². The number of nitrogens with one attached hydrogen (secondary N) is 1. The van der Waals surface area contributed by atoms with E-state index in [1.807, 2.05) is 42.5 Å². The van der Waals surface area contributed by atoms with Crippen LogP contribution in [0.5, 0.6) is 11.5 Å². The third kappa shape index (κ3) is 5.30. The standard InChI is InChI=1S/C27H32N4O5/c1-35-21-13-12-18(16-22(21)36-2)14-15-30(26(33)20-10-6-7-11-20)23-24(28)31(27(34)29-25(23)32)17-19-8-4-3-5-9-19/h3-5,8-9,12-13,16,20H,6-7,10-11,14-15,17,28H2,1-2H3,(H,29,32,34). The van der Waals surface area contributed by atoms with Crippen molar-refractivity contribution in [2.45, 2.75) is 38.6 Å². The first-order chi connectivity index (χ1) is 17.4. The molecule has 190 valence electrons. The number of anilines is 2. The third-order valence-corrected chi connectivity index (χ3v) is 6.71. The average Bonchev–Trinajstić information content (AvgIpc) is 3.43. The maximum atomic E-state index is 13.6. The topological polar surface area (TPSA) is 120 Å². The highest BCUT2D eigenvalue weighted by Crippen LogP contribution is 2.31. The Bertz CT molecular complexity index is 1330. The summed E-state index contributed by atoms with van der Waals surface area (Å²) in [4.78, 5) is 43.2. The Balaban J connectivity index is 1.71. The van der Waals surface area contributed by atoms with Crippen molar-refractivity contribution in [1.82, 2.24) is 9.55 Å². The molecule has 0 atom stereocenters. The molecular formula is C27H32N4O5. The summed E-state index contributed by atoms with van der Waals surface area (Å²) in [5.41, 5.74) is 6.93. The highest BCUT2D eigenvalue weighted by Gasteiger charge is 2.31. The van der Waals surface area contributed by atoms with Gasteiger partial charge in [0.25, 0.3) is 5.56 Å². The number of aromatic nitrogens is 2. The van der Waals surface area contributed by atoms with Crippen molar-refractivity contribution in [2.24, 2.45) is 5.92 Å². The van der Waals surface area contributed by atoms with Crippen molar-refractivity contribution in [3.8, 4) is 11.5 Å². The number of nitrogens with zero attached hydrogens (tertiary/aromatic N) is 2. The molecule has 3 aromatic rings. The lowest BCUT2D eigenvalue weighted by molar-refractivity contribution is -0.122. The number of nitrogens with two attached hydrogens (primary N) is 1. The molecule has 1 fully saturated rings. The maximum Gasteiger partial charge on any atom is 0.330 e. The average molecular weight is 493 g/mol. The number of carbonyl (C=O) groups excluding carboxylic acids is 1. The van der Waals surface area contributed by atoms with Crippen molar-refractivity contribution < 1.29 is 14.3 Å². The molecule has 1 aliphatic rings. The minimum absolute atomic E-state index is 0.0166. The number of methoxy groups -OCH3 is 2. The zero-order valence-electron chi connectivity index (χ0n) is 20.7. The molecule has 0 bridgehead atoms. The van der Waals surface area contributed by atoms with Crippen LogP contribution in [0.15, 0.2) is 58.1 Å². The largest absolute Gasteiger partial charge is 0.493 e. The number of ether oxygens (including phenoxy) is 2. The highest BCUT2D eigenvalue weighted by molar-refractivity contribution is 5.97. The molecule has 1 heterocycles. The summed E-state index contributed by atoms with van der Waals surface area (Å²) < 4.78 is 12.0. The van der Waals surface area contributed by atoms with Crippen molar-refractivity contribution in [2.75, 3.05) is 31.4 Å². The molecule has 1 aromatic heterocycles. The summed E-state index contributed by atoms with van der Waals surface area (Å²) in [6, 6.07) is 14.9. The van der Waals surface area contributed by atoms with Crippen molar-refractivity contribution in [3.63, 3.8) is 0 Å². The van der Waals surface area contributed by atoms with Gasteiger partial charge in [-0.25, -0.2) is 4.79 Å². The summed E-state index contributed by atoms with van der Waals surface area (Å²) in [5, 5.41) is 0. The Morgan fingerprint density at radius 1 is 1.03 bits per heavy atom. The van der Waals surface area contributed by atoms with Crippen molar-refractivity contribution >= 4 is 17.4 Å². The lowest BCUT2D eigenvalue weighted by Gasteiger charge is -2.27. The van der Waals surface area contributed by atoms with Crippen LogP contribution in [0.3, 0.4) is 0 Å². The molecule has 36 heavy (non-hydrogen) atoms. The summed E-state index contributed by atoms with van der Waals surface area (Å²) in [7, 11) is 3.13. The number of hydrogen-bond donors (Lipinski definition) is 2. The van der Waals surface area contributed by atoms with Crippen LogP contribution in [-0.4, -0.2) is 36.2 Å². The maximum absolute atomic E-state index is 13.6.